The van der Waals surface area contributed by atoms with Gasteiger partial charge in [-0.15, -0.1) is 0 Å². The molecule has 21 heavy (non-hydrogen) atoms. The van der Waals surface area contributed by atoms with Crippen molar-refractivity contribution in [3.63, 3.8) is 0 Å². The highest BCUT2D eigenvalue weighted by atomic mass is 16.3. The Hall–Kier alpha value is -2.55. The molecule has 0 unspecified atom stereocenters. The second-order valence-corrected chi connectivity index (χ2v) is 5.35. The van der Waals surface area contributed by atoms with Crippen LogP contribution in [-0.2, 0) is 6.54 Å². The largest absolute Gasteiger partial charge is 0.507 e. The molecule has 2 aromatic carbocycles. The Labute approximate surface area is 124 Å². The van der Waals surface area contributed by atoms with E-state index in [9.17, 15) is 5.11 Å². The maximum Gasteiger partial charge on any atom is 0.121 e. The van der Waals surface area contributed by atoms with Crippen molar-refractivity contribution in [3.05, 3.63) is 65.4 Å². The number of rotatable bonds is 3. The molecule has 0 fully saturated rings. The van der Waals surface area contributed by atoms with Crippen LogP contribution in [0.1, 0.15) is 16.7 Å². The average molecular weight is 278 g/mol. The highest BCUT2D eigenvalue weighted by Gasteiger charge is 2.04. The Morgan fingerprint density at radius 2 is 1.76 bits per heavy atom. The first-order valence-electron chi connectivity index (χ1n) is 7.01. The molecule has 0 amide bonds. The lowest BCUT2D eigenvalue weighted by molar-refractivity contribution is 0.466. The molecular weight excluding hydrogens is 260 g/mol. The van der Waals surface area contributed by atoms with Crippen LogP contribution in [0, 0.1) is 13.8 Å². The van der Waals surface area contributed by atoms with Crippen LogP contribution >= 0.6 is 0 Å². The monoisotopic (exact) mass is 278 g/mol. The van der Waals surface area contributed by atoms with E-state index in [4.69, 9.17) is 0 Å². The topological polar surface area (TPSA) is 45.2 Å². The van der Waals surface area contributed by atoms with Crippen molar-refractivity contribution in [2.75, 3.05) is 5.32 Å². The molecule has 2 N–H and O–H groups in total. The maximum atomic E-state index is 9.80. The van der Waals surface area contributed by atoms with Gasteiger partial charge in [0.25, 0.3) is 0 Å². The lowest BCUT2D eigenvalue weighted by Crippen LogP contribution is -2.01. The predicted octanol–water partition coefficient (Wildman–Crippen LogP) is 4.17. The van der Waals surface area contributed by atoms with Crippen molar-refractivity contribution in [1.82, 2.24) is 4.98 Å². The lowest BCUT2D eigenvalue weighted by atomic mass is 10.1. The number of benzene rings is 2. The van der Waals surface area contributed by atoms with Gasteiger partial charge >= 0.3 is 0 Å². The number of aryl methyl sites for hydroxylation is 2. The van der Waals surface area contributed by atoms with Gasteiger partial charge in [-0.05, 0) is 42.7 Å². The van der Waals surface area contributed by atoms with Gasteiger partial charge in [0.2, 0.25) is 0 Å². The molecule has 1 heterocycles. The smallest absolute Gasteiger partial charge is 0.121 e. The van der Waals surface area contributed by atoms with Crippen LogP contribution < -0.4 is 5.32 Å². The standard InChI is InChI=1S/C18H18N2O/c1-12-7-14(8-13(2)18(12)21)10-19-16-9-15-5-3-4-6-17(15)20-11-16/h3-9,11,19,21H,10H2,1-2H3. The van der Waals surface area contributed by atoms with Gasteiger partial charge in [-0.25, -0.2) is 0 Å². The number of aromatic nitrogens is 1. The summed E-state index contributed by atoms with van der Waals surface area (Å²) in [4.78, 5) is 4.44. The minimum absolute atomic E-state index is 0.381. The average Bonchev–Trinajstić information content (AvgIpc) is 2.50. The fourth-order valence-corrected chi connectivity index (χ4v) is 2.52. The molecule has 0 atom stereocenters. The SMILES string of the molecule is Cc1cc(CNc2cnc3ccccc3c2)cc(C)c1O. The van der Waals surface area contributed by atoms with Gasteiger partial charge in [0.15, 0.2) is 0 Å². The molecule has 3 heteroatoms. The van der Waals surface area contributed by atoms with Crippen molar-refractivity contribution >= 4 is 16.6 Å². The molecule has 0 aliphatic rings. The van der Waals surface area contributed by atoms with Crippen molar-refractivity contribution in [2.45, 2.75) is 20.4 Å². The molecule has 0 aliphatic carbocycles. The molecule has 0 spiro atoms. The fraction of sp³-hybridized carbons (Fsp3) is 0.167. The lowest BCUT2D eigenvalue weighted by Gasteiger charge is -2.10. The van der Waals surface area contributed by atoms with Crippen molar-refractivity contribution < 1.29 is 5.11 Å². The number of nitrogens with zero attached hydrogens (tertiary/aromatic N) is 1. The zero-order valence-electron chi connectivity index (χ0n) is 12.2. The van der Waals surface area contributed by atoms with Gasteiger partial charge < -0.3 is 10.4 Å². The molecule has 0 saturated heterocycles. The van der Waals surface area contributed by atoms with E-state index >= 15 is 0 Å². The van der Waals surface area contributed by atoms with Crippen molar-refractivity contribution in [1.29, 1.82) is 0 Å². The number of hydrogen-bond acceptors (Lipinski definition) is 3. The summed E-state index contributed by atoms with van der Waals surface area (Å²) in [6.07, 6.45) is 1.85. The minimum atomic E-state index is 0.381. The third kappa shape index (κ3) is 2.82. The van der Waals surface area contributed by atoms with Crippen LogP contribution in [-0.4, -0.2) is 10.1 Å². The van der Waals surface area contributed by atoms with Crippen molar-refractivity contribution in [2.24, 2.45) is 0 Å². The van der Waals surface area contributed by atoms with Gasteiger partial charge in [0.1, 0.15) is 5.75 Å². The van der Waals surface area contributed by atoms with E-state index in [0.717, 1.165) is 33.3 Å². The van der Waals surface area contributed by atoms with E-state index in [1.165, 1.54) is 0 Å². The molecule has 0 saturated carbocycles. The molecule has 0 radical (unpaired) electrons. The quantitative estimate of drug-likeness (QED) is 0.755. The number of anilines is 1. The summed E-state index contributed by atoms with van der Waals surface area (Å²) in [5.41, 5.74) is 4.96. The summed E-state index contributed by atoms with van der Waals surface area (Å²) in [7, 11) is 0. The zero-order valence-corrected chi connectivity index (χ0v) is 12.2. The summed E-state index contributed by atoms with van der Waals surface area (Å²) in [5, 5.41) is 14.3. The number of aromatic hydroxyl groups is 1. The normalized spacial score (nSPS) is 10.8. The molecule has 1 aromatic heterocycles. The third-order valence-electron chi connectivity index (χ3n) is 3.64. The molecule has 0 aliphatic heterocycles. The number of hydrogen-bond donors (Lipinski definition) is 2. The summed E-state index contributed by atoms with van der Waals surface area (Å²) in [5.74, 6) is 0.381. The first-order valence-corrected chi connectivity index (χ1v) is 7.01. The number of phenols is 1. The highest BCUT2D eigenvalue weighted by molar-refractivity contribution is 5.81. The summed E-state index contributed by atoms with van der Waals surface area (Å²) >= 11 is 0. The summed E-state index contributed by atoms with van der Waals surface area (Å²) < 4.78 is 0. The first kappa shape index (κ1) is 13.4. The Morgan fingerprint density at radius 1 is 1.05 bits per heavy atom. The number of fused-ring (bicyclic) bond motifs is 1. The third-order valence-corrected chi connectivity index (χ3v) is 3.64. The number of nitrogens with one attached hydrogen (secondary N) is 1. The Kier molecular flexibility index (Phi) is 3.48. The molecule has 106 valence electrons. The second kappa shape index (κ2) is 5.44. The first-order chi connectivity index (χ1) is 10.1. The fourth-order valence-electron chi connectivity index (χ4n) is 2.52. The molecule has 0 bridgehead atoms. The maximum absolute atomic E-state index is 9.80. The van der Waals surface area contributed by atoms with Crippen molar-refractivity contribution in [3.8, 4) is 5.75 Å². The van der Waals surface area contributed by atoms with Gasteiger partial charge in [-0.1, -0.05) is 30.3 Å². The molecule has 3 aromatic rings. The Morgan fingerprint density at radius 3 is 2.52 bits per heavy atom. The van der Waals surface area contributed by atoms with Crippen LogP contribution in [0.15, 0.2) is 48.7 Å². The molecular formula is C18H18N2O. The van der Waals surface area contributed by atoms with Gasteiger partial charge in [-0.3, -0.25) is 4.98 Å². The molecule has 3 rings (SSSR count). The van der Waals surface area contributed by atoms with E-state index in [1.807, 2.05) is 50.4 Å². The van der Waals surface area contributed by atoms with Crippen LogP contribution in [0.4, 0.5) is 5.69 Å². The van der Waals surface area contributed by atoms with E-state index in [0.29, 0.717) is 12.3 Å². The van der Waals surface area contributed by atoms with Gasteiger partial charge in [0, 0.05) is 11.9 Å². The minimum Gasteiger partial charge on any atom is -0.507 e. The van der Waals surface area contributed by atoms with Gasteiger partial charge in [-0.2, -0.15) is 0 Å². The second-order valence-electron chi connectivity index (χ2n) is 5.35. The van der Waals surface area contributed by atoms with E-state index in [1.54, 1.807) is 0 Å². The van der Waals surface area contributed by atoms with Gasteiger partial charge in [0.05, 0.1) is 17.4 Å². The number of phenolic OH excluding ortho intramolecular Hbond substituents is 1. The highest BCUT2D eigenvalue weighted by Crippen LogP contribution is 2.23. The Balaban J connectivity index is 1.80. The van der Waals surface area contributed by atoms with Crippen LogP contribution in [0.5, 0.6) is 5.75 Å². The van der Waals surface area contributed by atoms with Crippen LogP contribution in [0.25, 0.3) is 10.9 Å². The van der Waals surface area contributed by atoms with Crippen LogP contribution in [0.2, 0.25) is 0 Å². The Bertz CT molecular complexity index is 773. The van der Waals surface area contributed by atoms with E-state index in [-0.39, 0.29) is 0 Å². The molecule has 3 nitrogen and oxygen atoms in total. The zero-order chi connectivity index (χ0) is 14.8. The van der Waals surface area contributed by atoms with E-state index < -0.39 is 0 Å². The van der Waals surface area contributed by atoms with Crippen LogP contribution in [0.3, 0.4) is 0 Å². The summed E-state index contributed by atoms with van der Waals surface area (Å²) in [6, 6.07) is 14.2. The predicted molar refractivity (Wildman–Crippen MR) is 86.7 cm³/mol. The number of pyridine rings is 1. The number of para-hydroxylation sites is 1. The van der Waals surface area contributed by atoms with E-state index in [2.05, 4.69) is 22.4 Å². The summed E-state index contributed by atoms with van der Waals surface area (Å²) in [6.45, 7) is 4.55.